The highest BCUT2D eigenvalue weighted by Gasteiger charge is 1.95. The summed E-state index contributed by atoms with van der Waals surface area (Å²) in [6.45, 7) is 5.29. The zero-order valence-electron chi connectivity index (χ0n) is 8.10. The largest absolute Gasteiger partial charge is 0.370 e. The second-order valence-electron chi connectivity index (χ2n) is 3.39. The number of hydrogen-bond donors (Lipinski definition) is 2. The summed E-state index contributed by atoms with van der Waals surface area (Å²) < 4.78 is 0. The Morgan fingerprint density at radius 1 is 1.33 bits per heavy atom. The van der Waals surface area contributed by atoms with E-state index in [1.807, 2.05) is 0 Å². The highest BCUT2D eigenvalue weighted by Crippen LogP contribution is 1.97. The number of nitrogens with one attached hydrogen (secondary N) is 1. The lowest BCUT2D eigenvalue weighted by atomic mass is 10.2. The first-order chi connectivity index (χ1) is 5.63. The molecule has 0 rings (SSSR count). The van der Waals surface area contributed by atoms with Crippen LogP contribution >= 0.6 is 0 Å². The maximum Gasteiger partial charge on any atom is 0.217 e. The molecule has 72 valence electrons. The fourth-order valence-corrected chi connectivity index (χ4v) is 0.992. The minimum Gasteiger partial charge on any atom is -0.370 e. The van der Waals surface area contributed by atoms with Crippen LogP contribution in [0.4, 0.5) is 0 Å². The Bertz CT molecular complexity index is 124. The Kier molecular flexibility index (Phi) is 6.76. The van der Waals surface area contributed by atoms with E-state index in [0.717, 1.165) is 25.8 Å². The van der Waals surface area contributed by atoms with Gasteiger partial charge in [-0.3, -0.25) is 4.79 Å². The van der Waals surface area contributed by atoms with Crippen molar-refractivity contribution in [2.75, 3.05) is 6.54 Å². The van der Waals surface area contributed by atoms with Crippen LogP contribution in [0.5, 0.6) is 0 Å². The van der Waals surface area contributed by atoms with Gasteiger partial charge in [-0.1, -0.05) is 20.3 Å². The Morgan fingerprint density at radius 2 is 2.00 bits per heavy atom. The molecule has 0 atom stereocenters. The molecule has 3 nitrogen and oxygen atoms in total. The normalized spacial score (nSPS) is 10.6. The second kappa shape index (κ2) is 7.10. The highest BCUT2D eigenvalue weighted by atomic mass is 16.1. The molecule has 0 aliphatic heterocycles. The Balaban J connectivity index is 2.96. The van der Waals surface area contributed by atoms with Crippen LogP contribution in [-0.2, 0) is 4.79 Å². The van der Waals surface area contributed by atoms with Gasteiger partial charge in [0, 0.05) is 12.5 Å². The zero-order valence-corrected chi connectivity index (χ0v) is 8.10. The lowest BCUT2D eigenvalue weighted by molar-refractivity contribution is -0.118. The summed E-state index contributed by atoms with van der Waals surface area (Å²) in [5.41, 5.74) is 5.00. The fourth-order valence-electron chi connectivity index (χ4n) is 0.992. The molecule has 0 saturated heterocycles. The molecule has 3 heteroatoms. The molecule has 0 aliphatic carbocycles. The van der Waals surface area contributed by atoms with Crippen molar-refractivity contribution in [1.82, 2.24) is 5.32 Å². The topological polar surface area (TPSA) is 55.1 Å². The number of unbranched alkanes of at least 4 members (excludes halogenated alkanes) is 2. The van der Waals surface area contributed by atoms with E-state index < -0.39 is 0 Å². The summed E-state index contributed by atoms with van der Waals surface area (Å²) in [6, 6.07) is 0.557. The van der Waals surface area contributed by atoms with Crippen molar-refractivity contribution in [1.29, 1.82) is 0 Å². The van der Waals surface area contributed by atoms with E-state index in [9.17, 15) is 4.79 Å². The quantitative estimate of drug-likeness (QED) is 0.563. The molecule has 0 radical (unpaired) electrons. The zero-order chi connectivity index (χ0) is 9.40. The molecule has 0 bridgehead atoms. The highest BCUT2D eigenvalue weighted by molar-refractivity contribution is 5.73. The third kappa shape index (κ3) is 9.43. The van der Waals surface area contributed by atoms with E-state index in [0.29, 0.717) is 12.5 Å². The monoisotopic (exact) mass is 172 g/mol. The molecular weight excluding hydrogens is 152 g/mol. The van der Waals surface area contributed by atoms with E-state index in [-0.39, 0.29) is 5.91 Å². The average Bonchev–Trinajstić information content (AvgIpc) is 1.95. The SMILES string of the molecule is CC(C)NCCCCCC(N)=O. The number of rotatable bonds is 7. The second-order valence-corrected chi connectivity index (χ2v) is 3.39. The average molecular weight is 172 g/mol. The van der Waals surface area contributed by atoms with Gasteiger partial charge in [-0.15, -0.1) is 0 Å². The molecule has 0 aliphatic rings. The van der Waals surface area contributed by atoms with Crippen LogP contribution in [0, 0.1) is 0 Å². The summed E-state index contributed by atoms with van der Waals surface area (Å²) in [5.74, 6) is -0.188. The molecule has 3 N–H and O–H groups in total. The number of carbonyl (C=O) groups excluding carboxylic acids is 1. The minimum absolute atomic E-state index is 0.188. The Labute approximate surface area is 74.7 Å². The number of hydrogen-bond acceptors (Lipinski definition) is 2. The van der Waals surface area contributed by atoms with Gasteiger partial charge in [0.05, 0.1) is 0 Å². The third-order valence-electron chi connectivity index (χ3n) is 1.65. The van der Waals surface area contributed by atoms with Crippen LogP contribution in [0.25, 0.3) is 0 Å². The lowest BCUT2D eigenvalue weighted by Crippen LogP contribution is -2.23. The molecule has 0 saturated carbocycles. The maximum absolute atomic E-state index is 10.3. The summed E-state index contributed by atoms with van der Waals surface area (Å²) in [5, 5.41) is 3.32. The van der Waals surface area contributed by atoms with Gasteiger partial charge in [0.15, 0.2) is 0 Å². The van der Waals surface area contributed by atoms with E-state index in [4.69, 9.17) is 5.73 Å². The molecule has 0 heterocycles. The Morgan fingerprint density at radius 3 is 2.50 bits per heavy atom. The number of amides is 1. The van der Waals surface area contributed by atoms with Crippen LogP contribution < -0.4 is 11.1 Å². The predicted octanol–water partition coefficient (Wildman–Crippen LogP) is 1.03. The van der Waals surface area contributed by atoms with Crippen LogP contribution in [0.3, 0.4) is 0 Å². The van der Waals surface area contributed by atoms with E-state index >= 15 is 0 Å². The minimum atomic E-state index is -0.188. The first kappa shape index (κ1) is 11.4. The van der Waals surface area contributed by atoms with Gasteiger partial charge in [0.25, 0.3) is 0 Å². The van der Waals surface area contributed by atoms with Gasteiger partial charge < -0.3 is 11.1 Å². The van der Waals surface area contributed by atoms with Crippen molar-refractivity contribution in [3.8, 4) is 0 Å². The number of nitrogens with two attached hydrogens (primary N) is 1. The summed E-state index contributed by atoms with van der Waals surface area (Å²) in [7, 11) is 0. The van der Waals surface area contributed by atoms with Gasteiger partial charge in [0.1, 0.15) is 0 Å². The van der Waals surface area contributed by atoms with E-state index in [2.05, 4.69) is 19.2 Å². The van der Waals surface area contributed by atoms with Crippen molar-refractivity contribution in [3.63, 3.8) is 0 Å². The third-order valence-corrected chi connectivity index (χ3v) is 1.65. The first-order valence-corrected chi connectivity index (χ1v) is 4.64. The summed E-state index contributed by atoms with van der Waals surface area (Å²) >= 11 is 0. The van der Waals surface area contributed by atoms with E-state index in [1.165, 1.54) is 0 Å². The predicted molar refractivity (Wildman–Crippen MR) is 50.8 cm³/mol. The van der Waals surface area contributed by atoms with Crippen LogP contribution in [0.2, 0.25) is 0 Å². The molecule has 0 aromatic rings. The first-order valence-electron chi connectivity index (χ1n) is 4.64. The van der Waals surface area contributed by atoms with Crippen LogP contribution in [-0.4, -0.2) is 18.5 Å². The fraction of sp³-hybridized carbons (Fsp3) is 0.889. The number of carbonyl (C=O) groups is 1. The van der Waals surface area contributed by atoms with Gasteiger partial charge in [0.2, 0.25) is 5.91 Å². The van der Waals surface area contributed by atoms with E-state index in [1.54, 1.807) is 0 Å². The van der Waals surface area contributed by atoms with Crippen molar-refractivity contribution in [2.24, 2.45) is 5.73 Å². The van der Waals surface area contributed by atoms with Gasteiger partial charge in [-0.25, -0.2) is 0 Å². The molecule has 0 aromatic carbocycles. The summed E-state index contributed by atoms with van der Waals surface area (Å²) in [4.78, 5) is 10.3. The van der Waals surface area contributed by atoms with Crippen molar-refractivity contribution in [2.45, 2.75) is 45.6 Å². The molecule has 0 fully saturated rings. The van der Waals surface area contributed by atoms with Gasteiger partial charge >= 0.3 is 0 Å². The van der Waals surface area contributed by atoms with Gasteiger partial charge in [-0.2, -0.15) is 0 Å². The molecule has 12 heavy (non-hydrogen) atoms. The molecule has 0 aromatic heterocycles. The molecule has 1 amide bonds. The standard InChI is InChI=1S/C9H20N2O/c1-8(2)11-7-5-3-4-6-9(10)12/h8,11H,3-7H2,1-2H3,(H2,10,12). The Hall–Kier alpha value is -0.570. The molecule has 0 unspecified atom stereocenters. The maximum atomic E-state index is 10.3. The van der Waals surface area contributed by atoms with Crippen LogP contribution in [0.1, 0.15) is 39.5 Å². The van der Waals surface area contributed by atoms with Crippen LogP contribution in [0.15, 0.2) is 0 Å². The molecule has 0 spiro atoms. The van der Waals surface area contributed by atoms with Crippen molar-refractivity contribution < 1.29 is 4.79 Å². The number of primary amides is 1. The van der Waals surface area contributed by atoms with Crippen molar-refractivity contribution in [3.05, 3.63) is 0 Å². The smallest absolute Gasteiger partial charge is 0.217 e. The van der Waals surface area contributed by atoms with Crippen molar-refractivity contribution >= 4 is 5.91 Å². The summed E-state index contributed by atoms with van der Waals surface area (Å²) in [6.07, 6.45) is 3.67. The lowest BCUT2D eigenvalue weighted by Gasteiger charge is -2.06. The van der Waals surface area contributed by atoms with Gasteiger partial charge in [-0.05, 0) is 19.4 Å². The molecular formula is C9H20N2O.